The minimum absolute atomic E-state index is 0.566. The first kappa shape index (κ1) is 15.7. The van der Waals surface area contributed by atoms with Crippen LogP contribution in [0.1, 0.15) is 12.5 Å². The highest BCUT2D eigenvalue weighted by molar-refractivity contribution is 7.80. The van der Waals surface area contributed by atoms with Gasteiger partial charge in [0.2, 0.25) is 0 Å². The van der Waals surface area contributed by atoms with E-state index in [2.05, 4.69) is 41.8 Å². The Balaban J connectivity index is 1.55. The Bertz CT molecular complexity index is 1050. The molecule has 4 rings (SSSR count). The summed E-state index contributed by atoms with van der Waals surface area (Å²) in [5, 5.41) is 9.21. The van der Waals surface area contributed by atoms with E-state index in [4.69, 9.17) is 16.6 Å². The molecule has 0 aliphatic rings. The van der Waals surface area contributed by atoms with Crippen LogP contribution in [0.2, 0.25) is 0 Å². The first-order chi connectivity index (χ1) is 12.2. The summed E-state index contributed by atoms with van der Waals surface area (Å²) < 4.78 is 5.85. The Morgan fingerprint density at radius 3 is 2.32 bits per heavy atom. The van der Waals surface area contributed by atoms with Crippen LogP contribution >= 0.6 is 12.2 Å². The third-order valence-electron chi connectivity index (χ3n) is 4.25. The molecule has 0 spiro atoms. The van der Waals surface area contributed by atoms with Crippen molar-refractivity contribution < 1.29 is 4.42 Å². The third-order valence-corrected chi connectivity index (χ3v) is 4.46. The Labute approximate surface area is 151 Å². The number of rotatable bonds is 3. The Morgan fingerprint density at radius 2 is 1.52 bits per heavy atom. The van der Waals surface area contributed by atoms with E-state index in [0.717, 1.165) is 39.7 Å². The molecule has 0 atom stereocenters. The predicted molar refractivity (Wildman–Crippen MR) is 109 cm³/mol. The topological polar surface area (TPSA) is 37.2 Å². The van der Waals surface area contributed by atoms with Crippen molar-refractivity contribution in [3.63, 3.8) is 0 Å². The minimum atomic E-state index is 0.566. The lowest BCUT2D eigenvalue weighted by Crippen LogP contribution is -2.18. The van der Waals surface area contributed by atoms with Gasteiger partial charge in [-0.2, -0.15) is 0 Å². The fraction of sp³-hybridized carbons (Fsp3) is 0.0952. The van der Waals surface area contributed by atoms with Gasteiger partial charge in [0.1, 0.15) is 11.2 Å². The van der Waals surface area contributed by atoms with Gasteiger partial charge in [-0.25, -0.2) is 0 Å². The highest BCUT2D eigenvalue weighted by Crippen LogP contribution is 2.30. The molecule has 1 heterocycles. The molecular weight excluding hydrogens is 328 g/mol. The zero-order valence-corrected chi connectivity index (χ0v) is 14.7. The van der Waals surface area contributed by atoms with Crippen LogP contribution in [0.3, 0.4) is 0 Å². The summed E-state index contributed by atoms with van der Waals surface area (Å²) in [7, 11) is 0. The van der Waals surface area contributed by atoms with Crippen LogP contribution in [0.15, 0.2) is 71.1 Å². The van der Waals surface area contributed by atoms with Gasteiger partial charge in [-0.1, -0.05) is 37.3 Å². The Morgan fingerprint density at radius 1 is 0.840 bits per heavy atom. The van der Waals surface area contributed by atoms with Gasteiger partial charge >= 0.3 is 0 Å². The van der Waals surface area contributed by atoms with E-state index in [-0.39, 0.29) is 0 Å². The molecule has 3 nitrogen and oxygen atoms in total. The first-order valence-corrected chi connectivity index (χ1v) is 8.72. The normalized spacial score (nSPS) is 10.9. The number of benzene rings is 3. The van der Waals surface area contributed by atoms with Crippen molar-refractivity contribution >= 4 is 50.6 Å². The highest BCUT2D eigenvalue weighted by Gasteiger charge is 2.07. The van der Waals surface area contributed by atoms with Gasteiger partial charge < -0.3 is 15.1 Å². The maximum Gasteiger partial charge on any atom is 0.175 e. The lowest BCUT2D eigenvalue weighted by Gasteiger charge is -2.11. The molecular formula is C21H18N2OS. The molecule has 25 heavy (non-hydrogen) atoms. The molecule has 0 radical (unpaired) electrons. The molecule has 124 valence electrons. The second kappa shape index (κ2) is 6.57. The zero-order chi connectivity index (χ0) is 17.2. The lowest BCUT2D eigenvalue weighted by molar-refractivity contribution is 0.669. The molecule has 3 aromatic carbocycles. The standard InChI is InChI=1S/C21H18N2OS/c1-2-14-7-9-15(10-8-14)22-21(25)23-16-11-12-20-18(13-16)17-5-3-4-6-19(17)24-20/h3-13H,2H2,1H3,(H2,22,23,25). The molecule has 2 N–H and O–H groups in total. The molecule has 0 aliphatic heterocycles. The molecule has 0 fully saturated rings. The number of hydrogen-bond acceptors (Lipinski definition) is 2. The van der Waals surface area contributed by atoms with Crippen molar-refractivity contribution in [3.05, 3.63) is 72.3 Å². The number of fused-ring (bicyclic) bond motifs is 3. The molecule has 1 aromatic heterocycles. The van der Waals surface area contributed by atoms with Crippen LogP contribution in [-0.4, -0.2) is 5.11 Å². The van der Waals surface area contributed by atoms with Gasteiger partial charge in [-0.3, -0.25) is 0 Å². The van der Waals surface area contributed by atoms with Crippen LogP contribution < -0.4 is 10.6 Å². The molecule has 0 aliphatic carbocycles. The number of furan rings is 1. The molecule has 0 bridgehead atoms. The summed E-state index contributed by atoms with van der Waals surface area (Å²) in [6.07, 6.45) is 1.03. The largest absolute Gasteiger partial charge is 0.456 e. The highest BCUT2D eigenvalue weighted by atomic mass is 32.1. The van der Waals surface area contributed by atoms with E-state index in [1.807, 2.05) is 42.5 Å². The number of para-hydroxylation sites is 1. The van der Waals surface area contributed by atoms with Gasteiger partial charge in [-0.15, -0.1) is 0 Å². The van der Waals surface area contributed by atoms with Gasteiger partial charge in [0, 0.05) is 22.1 Å². The Hall–Kier alpha value is -2.85. The maximum absolute atomic E-state index is 5.85. The van der Waals surface area contributed by atoms with Crippen molar-refractivity contribution in [1.29, 1.82) is 0 Å². The molecule has 4 aromatic rings. The monoisotopic (exact) mass is 346 g/mol. The summed E-state index contributed by atoms with van der Waals surface area (Å²) in [4.78, 5) is 0. The van der Waals surface area contributed by atoms with Gasteiger partial charge in [0.25, 0.3) is 0 Å². The summed E-state index contributed by atoms with van der Waals surface area (Å²) in [6.45, 7) is 2.14. The fourth-order valence-corrected chi connectivity index (χ4v) is 3.16. The summed E-state index contributed by atoms with van der Waals surface area (Å²) >= 11 is 5.43. The summed E-state index contributed by atoms with van der Waals surface area (Å²) in [5.74, 6) is 0. The van der Waals surface area contributed by atoms with Crippen LogP contribution in [0, 0.1) is 0 Å². The fourth-order valence-electron chi connectivity index (χ4n) is 2.92. The third kappa shape index (κ3) is 3.21. The number of nitrogens with one attached hydrogen (secondary N) is 2. The van der Waals surface area contributed by atoms with E-state index in [9.17, 15) is 0 Å². The predicted octanol–water partition coefficient (Wildman–Crippen LogP) is 5.96. The lowest BCUT2D eigenvalue weighted by atomic mass is 10.1. The average Bonchev–Trinajstić information content (AvgIpc) is 3.00. The quantitative estimate of drug-likeness (QED) is 0.449. The summed E-state index contributed by atoms with van der Waals surface area (Å²) in [6, 6.07) is 22.3. The van der Waals surface area contributed by atoms with Gasteiger partial charge in [0.05, 0.1) is 0 Å². The van der Waals surface area contributed by atoms with Crippen LogP contribution in [0.25, 0.3) is 21.9 Å². The second-order valence-electron chi connectivity index (χ2n) is 5.94. The molecule has 0 saturated carbocycles. The Kier molecular flexibility index (Phi) is 4.12. The van der Waals surface area contributed by atoms with Crippen molar-refractivity contribution in [1.82, 2.24) is 0 Å². The maximum atomic E-state index is 5.85. The number of hydrogen-bond donors (Lipinski definition) is 2. The molecule has 0 unspecified atom stereocenters. The molecule has 0 saturated heterocycles. The number of thiocarbonyl (C=S) groups is 1. The van der Waals surface area contributed by atoms with E-state index in [0.29, 0.717) is 5.11 Å². The van der Waals surface area contributed by atoms with Crippen molar-refractivity contribution in [3.8, 4) is 0 Å². The zero-order valence-electron chi connectivity index (χ0n) is 13.9. The van der Waals surface area contributed by atoms with Crippen LogP contribution in [0.5, 0.6) is 0 Å². The SMILES string of the molecule is CCc1ccc(NC(=S)Nc2ccc3oc4ccccc4c3c2)cc1. The van der Waals surface area contributed by atoms with E-state index >= 15 is 0 Å². The summed E-state index contributed by atoms with van der Waals surface area (Å²) in [5.41, 5.74) is 4.99. The van der Waals surface area contributed by atoms with Gasteiger partial charge in [-0.05, 0) is 60.6 Å². The number of aryl methyl sites for hydroxylation is 1. The van der Waals surface area contributed by atoms with Crippen molar-refractivity contribution in [2.24, 2.45) is 0 Å². The van der Waals surface area contributed by atoms with Crippen molar-refractivity contribution in [2.75, 3.05) is 10.6 Å². The second-order valence-corrected chi connectivity index (χ2v) is 6.35. The van der Waals surface area contributed by atoms with Crippen LogP contribution in [-0.2, 0) is 6.42 Å². The van der Waals surface area contributed by atoms with E-state index < -0.39 is 0 Å². The van der Waals surface area contributed by atoms with Gasteiger partial charge in [0.15, 0.2) is 5.11 Å². The van der Waals surface area contributed by atoms with E-state index in [1.165, 1.54) is 5.56 Å². The number of anilines is 2. The minimum Gasteiger partial charge on any atom is -0.456 e. The smallest absolute Gasteiger partial charge is 0.175 e. The molecule has 0 amide bonds. The average molecular weight is 346 g/mol. The van der Waals surface area contributed by atoms with Crippen LogP contribution in [0.4, 0.5) is 11.4 Å². The first-order valence-electron chi connectivity index (χ1n) is 8.31. The molecule has 4 heteroatoms. The van der Waals surface area contributed by atoms with Crippen molar-refractivity contribution in [2.45, 2.75) is 13.3 Å². The van der Waals surface area contributed by atoms with E-state index in [1.54, 1.807) is 0 Å².